The summed E-state index contributed by atoms with van der Waals surface area (Å²) in [6, 6.07) is 4.95. The number of nitrogens with two attached hydrogens (primary N) is 1. The summed E-state index contributed by atoms with van der Waals surface area (Å²) < 4.78 is 28.3. The van der Waals surface area contributed by atoms with Crippen LogP contribution in [0.2, 0.25) is 0 Å². The first-order valence-corrected chi connectivity index (χ1v) is 8.80. The Morgan fingerprint density at radius 3 is 2.68 bits per heavy atom. The summed E-state index contributed by atoms with van der Waals surface area (Å²) >= 11 is 3.28. The molecule has 2 fully saturated rings. The van der Waals surface area contributed by atoms with Gasteiger partial charge >= 0.3 is 0 Å². The summed E-state index contributed by atoms with van der Waals surface area (Å²) in [6.45, 7) is 0. The molecule has 1 aromatic carbocycles. The first-order valence-electron chi connectivity index (χ1n) is 6.53. The highest BCUT2D eigenvalue weighted by molar-refractivity contribution is 9.10. The normalized spacial score (nSPS) is 29.8. The minimum absolute atomic E-state index is 0.0945. The molecule has 104 valence electrons. The van der Waals surface area contributed by atoms with E-state index in [4.69, 9.17) is 5.73 Å². The Balaban J connectivity index is 1.85. The Labute approximate surface area is 121 Å². The number of anilines is 1. The largest absolute Gasteiger partial charge is 0.399 e. The molecule has 0 radical (unpaired) electrons. The third-order valence-electron chi connectivity index (χ3n) is 4.29. The average molecular weight is 345 g/mol. The number of fused-ring (bicyclic) bond motifs is 2. The predicted molar refractivity (Wildman–Crippen MR) is 78.1 cm³/mol. The van der Waals surface area contributed by atoms with E-state index in [2.05, 4.69) is 20.7 Å². The van der Waals surface area contributed by atoms with Crippen molar-refractivity contribution in [3.63, 3.8) is 0 Å². The molecule has 3 atom stereocenters. The van der Waals surface area contributed by atoms with Crippen LogP contribution in [-0.4, -0.2) is 14.5 Å². The molecule has 3 N–H and O–H groups in total. The van der Waals surface area contributed by atoms with Crippen molar-refractivity contribution in [3.8, 4) is 0 Å². The molecule has 3 rings (SSSR count). The van der Waals surface area contributed by atoms with Crippen molar-refractivity contribution < 1.29 is 8.42 Å². The van der Waals surface area contributed by atoms with Crippen molar-refractivity contribution in [1.29, 1.82) is 0 Å². The van der Waals surface area contributed by atoms with Gasteiger partial charge in [0.05, 0.1) is 4.90 Å². The van der Waals surface area contributed by atoms with Gasteiger partial charge < -0.3 is 5.73 Å². The lowest BCUT2D eigenvalue weighted by atomic mass is 9.96. The van der Waals surface area contributed by atoms with E-state index >= 15 is 0 Å². The summed E-state index contributed by atoms with van der Waals surface area (Å²) in [7, 11) is -3.50. The zero-order valence-electron chi connectivity index (χ0n) is 10.5. The van der Waals surface area contributed by atoms with Crippen LogP contribution in [0.1, 0.15) is 25.7 Å². The number of nitrogen functional groups attached to an aromatic ring is 1. The van der Waals surface area contributed by atoms with Crippen LogP contribution in [0.4, 0.5) is 5.69 Å². The van der Waals surface area contributed by atoms with Gasteiger partial charge in [-0.3, -0.25) is 0 Å². The minimum atomic E-state index is -3.50. The lowest BCUT2D eigenvalue weighted by Crippen LogP contribution is -2.38. The molecule has 19 heavy (non-hydrogen) atoms. The first-order chi connectivity index (χ1) is 8.95. The van der Waals surface area contributed by atoms with Gasteiger partial charge in [0, 0.05) is 16.2 Å². The van der Waals surface area contributed by atoms with E-state index in [0.717, 1.165) is 12.8 Å². The highest BCUT2D eigenvalue weighted by Gasteiger charge is 2.41. The predicted octanol–water partition coefficient (Wildman–Crippen LogP) is 2.50. The maximum absolute atomic E-state index is 12.4. The van der Waals surface area contributed by atoms with E-state index in [9.17, 15) is 8.42 Å². The van der Waals surface area contributed by atoms with Crippen LogP contribution >= 0.6 is 15.9 Å². The van der Waals surface area contributed by atoms with E-state index in [0.29, 0.717) is 22.0 Å². The molecule has 2 saturated carbocycles. The molecule has 2 aliphatic carbocycles. The summed E-state index contributed by atoms with van der Waals surface area (Å²) in [5.74, 6) is 1.22. The van der Waals surface area contributed by atoms with Crippen LogP contribution in [0.15, 0.2) is 27.6 Å². The molecular formula is C13H17BrN2O2S. The Morgan fingerprint density at radius 2 is 2.05 bits per heavy atom. The molecule has 2 bridgehead atoms. The van der Waals surface area contributed by atoms with Gasteiger partial charge in [-0.25, -0.2) is 13.1 Å². The molecule has 0 spiro atoms. The fourth-order valence-corrected chi connectivity index (χ4v) is 5.69. The van der Waals surface area contributed by atoms with Gasteiger partial charge in [-0.2, -0.15) is 0 Å². The zero-order valence-corrected chi connectivity index (χ0v) is 12.9. The lowest BCUT2D eigenvalue weighted by molar-refractivity contribution is 0.390. The van der Waals surface area contributed by atoms with Crippen LogP contribution in [0.25, 0.3) is 0 Å². The number of nitrogens with one attached hydrogen (secondary N) is 1. The van der Waals surface area contributed by atoms with Crippen molar-refractivity contribution >= 4 is 31.6 Å². The molecule has 0 heterocycles. The summed E-state index contributed by atoms with van der Waals surface area (Å²) in [5.41, 5.74) is 6.13. The molecule has 0 amide bonds. The molecule has 1 aromatic rings. The van der Waals surface area contributed by atoms with Gasteiger partial charge in [0.1, 0.15) is 0 Å². The molecule has 0 aromatic heterocycles. The maximum atomic E-state index is 12.4. The van der Waals surface area contributed by atoms with Crippen molar-refractivity contribution in [1.82, 2.24) is 4.72 Å². The molecule has 4 nitrogen and oxygen atoms in total. The van der Waals surface area contributed by atoms with Gasteiger partial charge in [0.2, 0.25) is 10.0 Å². The number of rotatable bonds is 3. The van der Waals surface area contributed by atoms with Crippen LogP contribution in [0, 0.1) is 11.8 Å². The van der Waals surface area contributed by atoms with Crippen LogP contribution < -0.4 is 10.5 Å². The Hall–Kier alpha value is -0.590. The lowest BCUT2D eigenvalue weighted by Gasteiger charge is -2.23. The maximum Gasteiger partial charge on any atom is 0.242 e. The molecule has 2 aliphatic rings. The van der Waals surface area contributed by atoms with E-state index in [1.54, 1.807) is 12.1 Å². The van der Waals surface area contributed by atoms with Gasteiger partial charge in [-0.05, 0) is 65.2 Å². The topological polar surface area (TPSA) is 72.2 Å². The number of hydrogen-bond acceptors (Lipinski definition) is 3. The van der Waals surface area contributed by atoms with Crippen molar-refractivity contribution in [3.05, 3.63) is 22.7 Å². The first kappa shape index (κ1) is 13.4. The monoisotopic (exact) mass is 344 g/mol. The Morgan fingerprint density at radius 1 is 1.26 bits per heavy atom. The Kier molecular flexibility index (Phi) is 3.35. The van der Waals surface area contributed by atoms with E-state index < -0.39 is 10.0 Å². The smallest absolute Gasteiger partial charge is 0.242 e. The van der Waals surface area contributed by atoms with Crippen LogP contribution in [0.3, 0.4) is 0 Å². The van der Waals surface area contributed by atoms with E-state index in [1.165, 1.54) is 18.9 Å². The molecule has 3 unspecified atom stereocenters. The summed E-state index contributed by atoms with van der Waals surface area (Å²) in [5, 5.41) is 0. The van der Waals surface area contributed by atoms with Gasteiger partial charge in [-0.1, -0.05) is 6.42 Å². The van der Waals surface area contributed by atoms with Gasteiger partial charge in [0.25, 0.3) is 0 Å². The number of sulfonamides is 1. The standard InChI is InChI=1S/C13H17BrN2O2S/c14-11-4-3-10(15)7-13(11)19(17,18)16-12-6-8-1-2-9(12)5-8/h3-4,7-9,12,16H,1-2,5-6,15H2. The van der Waals surface area contributed by atoms with Gasteiger partial charge in [0.15, 0.2) is 0 Å². The average Bonchev–Trinajstić information content (AvgIpc) is 2.93. The second kappa shape index (κ2) is 4.75. The van der Waals surface area contributed by atoms with E-state index in [1.807, 2.05) is 0 Å². The third-order valence-corrected chi connectivity index (χ3v) is 6.77. The third kappa shape index (κ3) is 2.53. The van der Waals surface area contributed by atoms with E-state index in [-0.39, 0.29) is 10.9 Å². The summed E-state index contributed by atoms with van der Waals surface area (Å²) in [6.07, 6.45) is 4.55. The molecule has 6 heteroatoms. The number of benzene rings is 1. The Bertz CT molecular complexity index is 603. The zero-order chi connectivity index (χ0) is 13.6. The number of halogens is 1. The molecule has 0 aliphatic heterocycles. The fourth-order valence-electron chi connectivity index (χ4n) is 3.38. The molecule has 0 saturated heterocycles. The second-order valence-electron chi connectivity index (χ2n) is 5.59. The van der Waals surface area contributed by atoms with Crippen LogP contribution in [-0.2, 0) is 10.0 Å². The highest BCUT2D eigenvalue weighted by Crippen LogP contribution is 2.45. The highest BCUT2D eigenvalue weighted by atomic mass is 79.9. The SMILES string of the molecule is Nc1ccc(Br)c(S(=O)(=O)NC2CC3CCC2C3)c1. The van der Waals surface area contributed by atoms with Crippen molar-refractivity contribution in [2.45, 2.75) is 36.6 Å². The summed E-state index contributed by atoms with van der Waals surface area (Å²) in [4.78, 5) is 0.232. The van der Waals surface area contributed by atoms with Crippen LogP contribution in [0.5, 0.6) is 0 Å². The second-order valence-corrected chi connectivity index (χ2v) is 8.13. The quantitative estimate of drug-likeness (QED) is 0.827. The molecular weight excluding hydrogens is 328 g/mol. The van der Waals surface area contributed by atoms with Crippen molar-refractivity contribution in [2.75, 3.05) is 5.73 Å². The fraction of sp³-hybridized carbons (Fsp3) is 0.538. The van der Waals surface area contributed by atoms with Crippen molar-refractivity contribution in [2.24, 2.45) is 11.8 Å². The number of hydrogen-bond donors (Lipinski definition) is 2. The minimum Gasteiger partial charge on any atom is -0.399 e. The van der Waals surface area contributed by atoms with Gasteiger partial charge in [-0.15, -0.1) is 0 Å².